The Bertz CT molecular complexity index is 281. The fraction of sp³-hybridized carbons (Fsp3) is 0.750. The Balaban J connectivity index is 2.29. The number of carbonyl (C=O) groups is 1. The molecule has 3 nitrogen and oxygen atoms in total. The van der Waals surface area contributed by atoms with Gasteiger partial charge in [0.05, 0.1) is 5.75 Å². The molecule has 16 heavy (non-hydrogen) atoms. The predicted molar refractivity (Wildman–Crippen MR) is 70.3 cm³/mol. The van der Waals surface area contributed by atoms with Crippen LogP contribution in [0.15, 0.2) is 11.8 Å². The molecular formula is C12H22N2OS. The van der Waals surface area contributed by atoms with Crippen LogP contribution in [0, 0.1) is 0 Å². The number of thioether (sulfide) groups is 1. The minimum Gasteiger partial charge on any atom is -0.325 e. The van der Waals surface area contributed by atoms with Crippen molar-refractivity contribution in [1.82, 2.24) is 4.90 Å². The molecule has 0 aromatic heterocycles. The van der Waals surface area contributed by atoms with E-state index in [9.17, 15) is 4.79 Å². The third-order valence-electron chi connectivity index (χ3n) is 2.52. The number of nitrogens with two attached hydrogens (primary N) is 1. The maximum Gasteiger partial charge on any atom is 0.236 e. The highest BCUT2D eigenvalue weighted by atomic mass is 32.2. The Kier molecular flexibility index (Phi) is 4.87. The van der Waals surface area contributed by atoms with E-state index in [1.165, 1.54) is 12.1 Å². The Morgan fingerprint density at radius 2 is 2.31 bits per heavy atom. The molecule has 0 unspecified atom stereocenters. The van der Waals surface area contributed by atoms with Crippen LogP contribution in [0.3, 0.4) is 0 Å². The molecule has 1 amide bonds. The molecule has 0 atom stereocenters. The standard InChI is InChI=1S/C12H22N2OS/c1-12(2,13)9-16-8-11(15)14(3)10-6-4-5-7-10/h6H,4-5,7-9,13H2,1-3H3. The van der Waals surface area contributed by atoms with Crippen LogP contribution in [0.5, 0.6) is 0 Å². The molecule has 4 heteroatoms. The Morgan fingerprint density at radius 3 is 2.81 bits per heavy atom. The zero-order valence-electron chi connectivity index (χ0n) is 10.5. The summed E-state index contributed by atoms with van der Waals surface area (Å²) in [6.45, 7) is 3.96. The molecule has 0 radical (unpaired) electrons. The van der Waals surface area contributed by atoms with Crippen molar-refractivity contribution in [3.8, 4) is 0 Å². The van der Waals surface area contributed by atoms with Crippen LogP contribution >= 0.6 is 11.8 Å². The van der Waals surface area contributed by atoms with Crippen LogP contribution in [-0.4, -0.2) is 34.9 Å². The summed E-state index contributed by atoms with van der Waals surface area (Å²) in [5.74, 6) is 1.52. The van der Waals surface area contributed by atoms with Crippen molar-refractivity contribution in [2.24, 2.45) is 5.73 Å². The van der Waals surface area contributed by atoms with E-state index >= 15 is 0 Å². The van der Waals surface area contributed by atoms with Crippen molar-refractivity contribution in [1.29, 1.82) is 0 Å². The minimum absolute atomic E-state index is 0.183. The normalized spacial score (nSPS) is 16.1. The lowest BCUT2D eigenvalue weighted by Crippen LogP contribution is -2.35. The molecule has 92 valence electrons. The zero-order valence-corrected chi connectivity index (χ0v) is 11.3. The van der Waals surface area contributed by atoms with Gasteiger partial charge in [-0.3, -0.25) is 4.79 Å². The number of hydrogen-bond acceptors (Lipinski definition) is 3. The highest BCUT2D eigenvalue weighted by molar-refractivity contribution is 8.00. The smallest absolute Gasteiger partial charge is 0.236 e. The second-order valence-electron chi connectivity index (χ2n) is 5.02. The summed E-state index contributed by atoms with van der Waals surface area (Å²) >= 11 is 1.61. The highest BCUT2D eigenvalue weighted by Gasteiger charge is 2.17. The van der Waals surface area contributed by atoms with Gasteiger partial charge in [-0.15, -0.1) is 0 Å². The van der Waals surface area contributed by atoms with Gasteiger partial charge >= 0.3 is 0 Å². The average molecular weight is 242 g/mol. The summed E-state index contributed by atoms with van der Waals surface area (Å²) in [6, 6.07) is 0. The van der Waals surface area contributed by atoms with E-state index < -0.39 is 0 Å². The molecule has 0 heterocycles. The SMILES string of the molecule is CN(C(=O)CSCC(C)(C)N)C1=CCCC1. The molecule has 0 fully saturated rings. The third-order valence-corrected chi connectivity index (χ3v) is 3.92. The first-order valence-corrected chi connectivity index (χ1v) is 6.88. The van der Waals surface area contributed by atoms with Crippen molar-refractivity contribution < 1.29 is 4.79 Å². The van der Waals surface area contributed by atoms with E-state index in [1.54, 1.807) is 16.7 Å². The van der Waals surface area contributed by atoms with Gasteiger partial charge in [-0.1, -0.05) is 6.08 Å². The zero-order chi connectivity index (χ0) is 12.2. The first-order chi connectivity index (χ1) is 7.40. The molecule has 0 bridgehead atoms. The van der Waals surface area contributed by atoms with E-state index in [1.807, 2.05) is 20.9 Å². The van der Waals surface area contributed by atoms with Crippen LogP contribution in [0.25, 0.3) is 0 Å². The fourth-order valence-corrected chi connectivity index (χ4v) is 2.61. The first kappa shape index (κ1) is 13.6. The van der Waals surface area contributed by atoms with E-state index in [4.69, 9.17) is 5.73 Å². The quantitative estimate of drug-likeness (QED) is 0.802. The highest BCUT2D eigenvalue weighted by Crippen LogP contribution is 2.21. The van der Waals surface area contributed by atoms with E-state index in [0.29, 0.717) is 5.75 Å². The van der Waals surface area contributed by atoms with Crippen molar-refractivity contribution in [3.63, 3.8) is 0 Å². The van der Waals surface area contributed by atoms with Gasteiger partial charge in [-0.05, 0) is 33.1 Å². The predicted octanol–water partition coefficient (Wildman–Crippen LogP) is 1.98. The minimum atomic E-state index is -0.198. The summed E-state index contributed by atoms with van der Waals surface area (Å²) in [7, 11) is 1.87. The topological polar surface area (TPSA) is 46.3 Å². The van der Waals surface area contributed by atoms with Gasteiger partial charge in [-0.25, -0.2) is 0 Å². The van der Waals surface area contributed by atoms with Gasteiger partial charge in [0.25, 0.3) is 0 Å². The second kappa shape index (κ2) is 5.73. The number of amides is 1. The van der Waals surface area contributed by atoms with Crippen molar-refractivity contribution in [2.75, 3.05) is 18.6 Å². The van der Waals surface area contributed by atoms with Gasteiger partial charge in [0, 0.05) is 24.0 Å². The van der Waals surface area contributed by atoms with Gasteiger partial charge in [-0.2, -0.15) is 11.8 Å². The van der Waals surface area contributed by atoms with Crippen molar-refractivity contribution in [2.45, 2.75) is 38.6 Å². The lowest BCUT2D eigenvalue weighted by atomic mass is 10.1. The Morgan fingerprint density at radius 1 is 1.62 bits per heavy atom. The second-order valence-corrected chi connectivity index (χ2v) is 6.01. The lowest BCUT2D eigenvalue weighted by Gasteiger charge is -2.20. The molecule has 0 aliphatic heterocycles. The van der Waals surface area contributed by atoms with E-state index in [2.05, 4.69) is 6.08 Å². The molecule has 1 aliphatic carbocycles. The van der Waals surface area contributed by atoms with Crippen LogP contribution < -0.4 is 5.73 Å². The number of hydrogen-bond donors (Lipinski definition) is 1. The number of rotatable bonds is 5. The fourth-order valence-electron chi connectivity index (χ4n) is 1.62. The van der Waals surface area contributed by atoms with Crippen LogP contribution in [0.2, 0.25) is 0 Å². The number of carbonyl (C=O) groups excluding carboxylic acids is 1. The molecule has 0 aromatic carbocycles. The van der Waals surface area contributed by atoms with Gasteiger partial charge < -0.3 is 10.6 Å². The van der Waals surface area contributed by atoms with E-state index in [0.717, 1.165) is 18.6 Å². The Hall–Kier alpha value is -0.480. The summed E-state index contributed by atoms with van der Waals surface area (Å²) in [5, 5.41) is 0. The molecule has 0 spiro atoms. The monoisotopic (exact) mass is 242 g/mol. The molecule has 1 rings (SSSR count). The first-order valence-electron chi connectivity index (χ1n) is 5.72. The largest absolute Gasteiger partial charge is 0.325 e. The van der Waals surface area contributed by atoms with Gasteiger partial charge in [0.1, 0.15) is 0 Å². The van der Waals surface area contributed by atoms with Crippen LogP contribution in [0.1, 0.15) is 33.1 Å². The molecule has 1 aliphatic rings. The average Bonchev–Trinajstić information content (AvgIpc) is 2.67. The summed E-state index contributed by atoms with van der Waals surface area (Å²) in [6.07, 6.45) is 5.48. The van der Waals surface area contributed by atoms with Crippen molar-refractivity contribution >= 4 is 17.7 Å². The van der Waals surface area contributed by atoms with Crippen LogP contribution in [-0.2, 0) is 4.79 Å². The maximum absolute atomic E-state index is 11.8. The summed E-state index contributed by atoms with van der Waals surface area (Å²) in [5.41, 5.74) is 6.84. The number of allylic oxidation sites excluding steroid dienone is 2. The summed E-state index contributed by atoms with van der Waals surface area (Å²) in [4.78, 5) is 13.6. The molecule has 2 N–H and O–H groups in total. The molecule has 0 saturated heterocycles. The molecular weight excluding hydrogens is 220 g/mol. The summed E-state index contributed by atoms with van der Waals surface area (Å²) < 4.78 is 0. The Labute approximate surface area is 102 Å². The molecule has 0 saturated carbocycles. The van der Waals surface area contributed by atoms with Gasteiger partial charge in [0.2, 0.25) is 5.91 Å². The van der Waals surface area contributed by atoms with Crippen molar-refractivity contribution in [3.05, 3.63) is 11.8 Å². The van der Waals surface area contributed by atoms with E-state index in [-0.39, 0.29) is 11.4 Å². The maximum atomic E-state index is 11.8. The lowest BCUT2D eigenvalue weighted by molar-refractivity contribution is -0.125. The third kappa shape index (κ3) is 4.58. The van der Waals surface area contributed by atoms with Gasteiger partial charge in [0.15, 0.2) is 0 Å². The number of nitrogens with zero attached hydrogens (tertiary/aromatic N) is 1. The van der Waals surface area contributed by atoms with Crippen LogP contribution in [0.4, 0.5) is 0 Å². The molecule has 0 aromatic rings.